The molecule has 0 saturated carbocycles. The van der Waals surface area contributed by atoms with Crippen molar-refractivity contribution in [3.8, 4) is 39.7 Å². The molecule has 170 valence electrons. The number of nitrogens with zero attached hydrogens (tertiary/aromatic N) is 4. The normalized spacial score (nSPS) is 11.7. The number of aromatic nitrogens is 4. The maximum atomic E-state index is 6.57. The second kappa shape index (κ2) is 8.98. The summed E-state index contributed by atoms with van der Waals surface area (Å²) in [5, 5.41) is 10.0. The number of thiophene rings is 1. The molecular weight excluding hydrogens is 475 g/mol. The summed E-state index contributed by atoms with van der Waals surface area (Å²) < 4.78 is 7.37. The van der Waals surface area contributed by atoms with Crippen LogP contribution in [0.15, 0.2) is 34.9 Å². The largest absolute Gasteiger partial charge is 0.332 e. The predicted octanol–water partition coefficient (Wildman–Crippen LogP) is 7.79. The fourth-order valence-electron chi connectivity index (χ4n) is 3.16. The average Bonchev–Trinajstić information content (AvgIpc) is 3.44. The molecule has 33 heavy (non-hydrogen) atoms. The predicted molar refractivity (Wildman–Crippen MR) is 135 cm³/mol. The van der Waals surface area contributed by atoms with Crippen LogP contribution >= 0.6 is 34.5 Å². The van der Waals surface area contributed by atoms with Gasteiger partial charge in [0.2, 0.25) is 0 Å². The third kappa shape index (κ3) is 5.01. The van der Waals surface area contributed by atoms with E-state index < -0.39 is 0 Å². The van der Waals surface area contributed by atoms with Crippen LogP contribution in [0.4, 0.5) is 0 Å². The van der Waals surface area contributed by atoms with Crippen LogP contribution in [0.25, 0.3) is 27.8 Å². The van der Waals surface area contributed by atoms with E-state index in [2.05, 4.69) is 48.8 Å². The van der Waals surface area contributed by atoms with Crippen LogP contribution < -0.4 is 0 Å². The van der Waals surface area contributed by atoms with E-state index in [0.717, 1.165) is 21.0 Å². The van der Waals surface area contributed by atoms with Gasteiger partial charge in [0.15, 0.2) is 11.5 Å². The second-order valence-corrected chi connectivity index (χ2v) is 11.0. The lowest BCUT2D eigenvalue weighted by Crippen LogP contribution is -2.00. The van der Waals surface area contributed by atoms with Crippen LogP contribution in [0.3, 0.4) is 0 Å². The number of hydrogen-bond donors (Lipinski definition) is 0. The molecule has 0 aliphatic rings. The molecule has 4 rings (SSSR count). The maximum absolute atomic E-state index is 6.57. The monoisotopic (exact) mass is 498 g/mol. The van der Waals surface area contributed by atoms with Gasteiger partial charge in [-0.05, 0) is 58.0 Å². The molecule has 3 aromatic heterocycles. The first kappa shape index (κ1) is 23.6. The highest BCUT2D eigenvalue weighted by Crippen LogP contribution is 2.38. The molecule has 0 fully saturated rings. The van der Waals surface area contributed by atoms with Gasteiger partial charge in [-0.15, -0.1) is 11.3 Å². The van der Waals surface area contributed by atoms with Crippen molar-refractivity contribution in [1.29, 1.82) is 0 Å². The molecule has 0 spiro atoms. The molecule has 1 aromatic carbocycles. The van der Waals surface area contributed by atoms with Crippen molar-refractivity contribution in [3.63, 3.8) is 0 Å². The Morgan fingerprint density at radius 3 is 2.52 bits per heavy atom. The molecule has 0 amide bonds. The van der Waals surface area contributed by atoms with Gasteiger partial charge in [0.05, 0.1) is 26.2 Å². The molecule has 8 heteroatoms. The molecule has 4 aromatic rings. The average molecular weight is 499 g/mol. The maximum Gasteiger partial charge on any atom is 0.278 e. The van der Waals surface area contributed by atoms with Crippen LogP contribution in [-0.4, -0.2) is 19.9 Å². The summed E-state index contributed by atoms with van der Waals surface area (Å²) in [6, 6.07) is 9.44. The first-order valence-corrected chi connectivity index (χ1v) is 12.1. The summed E-state index contributed by atoms with van der Waals surface area (Å²) in [5.74, 6) is 7.74. The fourth-order valence-corrected chi connectivity index (χ4v) is 4.60. The van der Waals surface area contributed by atoms with Crippen molar-refractivity contribution in [2.75, 3.05) is 0 Å². The lowest BCUT2D eigenvalue weighted by atomic mass is 9.98. The van der Waals surface area contributed by atoms with E-state index in [-0.39, 0.29) is 11.3 Å². The first-order chi connectivity index (χ1) is 15.5. The van der Waals surface area contributed by atoms with Crippen LogP contribution in [0.5, 0.6) is 0 Å². The molecule has 0 atom stereocenters. The molecular formula is C25H24Cl2N4OS. The topological polar surface area (TPSA) is 56.7 Å². The van der Waals surface area contributed by atoms with Gasteiger partial charge < -0.3 is 4.52 Å². The van der Waals surface area contributed by atoms with E-state index in [0.29, 0.717) is 33.1 Å². The number of rotatable bonds is 4. The van der Waals surface area contributed by atoms with Crippen molar-refractivity contribution < 1.29 is 4.52 Å². The van der Waals surface area contributed by atoms with Crippen molar-refractivity contribution >= 4 is 34.5 Å². The van der Waals surface area contributed by atoms with Crippen LogP contribution in [0.2, 0.25) is 10.0 Å². The van der Waals surface area contributed by atoms with Crippen molar-refractivity contribution in [3.05, 3.63) is 56.6 Å². The molecule has 0 aliphatic heterocycles. The van der Waals surface area contributed by atoms with E-state index in [1.165, 1.54) is 0 Å². The number of halogens is 2. The Hall–Kier alpha value is -2.59. The van der Waals surface area contributed by atoms with Crippen LogP contribution in [0, 0.1) is 24.2 Å². The number of benzene rings is 1. The summed E-state index contributed by atoms with van der Waals surface area (Å²) in [4.78, 5) is 6.55. The van der Waals surface area contributed by atoms with Crippen LogP contribution in [-0.2, 0) is 0 Å². The highest BCUT2D eigenvalue weighted by Gasteiger charge is 2.25. The Balaban J connectivity index is 1.90. The molecule has 3 heterocycles. The van der Waals surface area contributed by atoms with E-state index in [1.54, 1.807) is 23.5 Å². The smallest absolute Gasteiger partial charge is 0.278 e. The van der Waals surface area contributed by atoms with Crippen LogP contribution in [0.1, 0.15) is 56.8 Å². The van der Waals surface area contributed by atoms with E-state index in [1.807, 2.05) is 37.6 Å². The summed E-state index contributed by atoms with van der Waals surface area (Å²) in [7, 11) is 0. The summed E-state index contributed by atoms with van der Waals surface area (Å²) in [5.41, 5.74) is 3.07. The summed E-state index contributed by atoms with van der Waals surface area (Å²) in [6.45, 7) is 12.3. The van der Waals surface area contributed by atoms with Crippen molar-refractivity contribution in [2.45, 2.75) is 47.5 Å². The fraction of sp³-hybridized carbons (Fsp3) is 0.320. The minimum atomic E-state index is -0.0715. The Kier molecular flexibility index (Phi) is 6.41. The first-order valence-electron chi connectivity index (χ1n) is 10.6. The van der Waals surface area contributed by atoms with E-state index in [4.69, 9.17) is 32.8 Å². The van der Waals surface area contributed by atoms with E-state index in [9.17, 15) is 0 Å². The van der Waals surface area contributed by atoms with E-state index >= 15 is 0 Å². The molecule has 5 nitrogen and oxygen atoms in total. The lowest BCUT2D eigenvalue weighted by Gasteiger charge is -2.09. The Labute approximate surface area is 207 Å². The highest BCUT2D eigenvalue weighted by atomic mass is 35.5. The zero-order chi connectivity index (χ0) is 23.9. The summed E-state index contributed by atoms with van der Waals surface area (Å²) in [6.07, 6.45) is 0. The van der Waals surface area contributed by atoms with Gasteiger partial charge in [-0.1, -0.05) is 54.0 Å². The molecule has 0 radical (unpaired) electrons. The number of hydrogen-bond acceptors (Lipinski definition) is 5. The molecule has 0 aliphatic carbocycles. The third-order valence-corrected chi connectivity index (χ3v) is 6.37. The van der Waals surface area contributed by atoms with Gasteiger partial charge in [0.1, 0.15) is 0 Å². The van der Waals surface area contributed by atoms with Gasteiger partial charge in [-0.25, -0.2) is 4.68 Å². The quantitative estimate of drug-likeness (QED) is 0.269. The minimum Gasteiger partial charge on any atom is -0.332 e. The van der Waals surface area contributed by atoms with Gasteiger partial charge in [-0.2, -0.15) is 10.1 Å². The Morgan fingerprint density at radius 2 is 1.88 bits per heavy atom. The zero-order valence-electron chi connectivity index (χ0n) is 19.3. The summed E-state index contributed by atoms with van der Waals surface area (Å²) >= 11 is 14.3. The zero-order valence-corrected chi connectivity index (χ0v) is 21.7. The lowest BCUT2D eigenvalue weighted by molar-refractivity contribution is 0.417. The van der Waals surface area contributed by atoms with Gasteiger partial charge in [-0.3, -0.25) is 0 Å². The van der Waals surface area contributed by atoms with Crippen molar-refractivity contribution in [2.24, 2.45) is 5.41 Å². The third-order valence-electron chi connectivity index (χ3n) is 4.82. The molecule has 0 unspecified atom stereocenters. The standard InChI is InChI=1S/C25H24Cl2N4OS/c1-14(2)23-28-24(32-30-23)21-15(3)22(20-10-8-17(33-20)11-12-25(4,5)6)31(29-21)19-9-7-16(26)13-18(19)27/h7-10,13-14H,1-6H3. The van der Waals surface area contributed by atoms with Gasteiger partial charge in [0.25, 0.3) is 5.89 Å². The Bertz CT molecular complexity index is 1380. The highest BCUT2D eigenvalue weighted by molar-refractivity contribution is 7.16. The SMILES string of the molecule is Cc1c(-c2nc(C(C)C)no2)nn(-c2ccc(Cl)cc2Cl)c1-c1ccc(C#CC(C)(C)C)s1. The molecule has 0 N–H and O–H groups in total. The van der Waals surface area contributed by atoms with Gasteiger partial charge in [0, 0.05) is 21.9 Å². The Morgan fingerprint density at radius 1 is 1.12 bits per heavy atom. The molecule has 0 bridgehead atoms. The second-order valence-electron chi connectivity index (χ2n) is 9.11. The minimum absolute atomic E-state index is 0.0715. The molecule has 0 saturated heterocycles. The van der Waals surface area contributed by atoms with Crippen molar-refractivity contribution in [1.82, 2.24) is 19.9 Å². The van der Waals surface area contributed by atoms with Gasteiger partial charge >= 0.3 is 0 Å².